The summed E-state index contributed by atoms with van der Waals surface area (Å²) in [5.74, 6) is -0.703. The molecule has 10 nitrogen and oxygen atoms in total. The second-order valence-electron chi connectivity index (χ2n) is 7.50. The van der Waals surface area contributed by atoms with E-state index in [4.69, 9.17) is 5.11 Å². The van der Waals surface area contributed by atoms with Gasteiger partial charge in [0.05, 0.1) is 30.2 Å². The molecule has 0 aliphatic rings. The van der Waals surface area contributed by atoms with Crippen LogP contribution in [-0.2, 0) is 27.9 Å². The lowest BCUT2D eigenvalue weighted by Gasteiger charge is -2.21. The van der Waals surface area contributed by atoms with Gasteiger partial charge in [-0.2, -0.15) is 14.5 Å². The maximum Gasteiger partial charge on any atom is 0.322 e. The van der Waals surface area contributed by atoms with Gasteiger partial charge in [0.25, 0.3) is 0 Å². The molecule has 35 heavy (non-hydrogen) atoms. The maximum atomic E-state index is 13.4. The fourth-order valence-corrected chi connectivity index (χ4v) is 4.62. The van der Waals surface area contributed by atoms with E-state index < -0.39 is 16.0 Å². The summed E-state index contributed by atoms with van der Waals surface area (Å²) >= 11 is 0. The van der Waals surface area contributed by atoms with Crippen LogP contribution in [0, 0.1) is 0 Å². The quantitative estimate of drug-likeness (QED) is 0.343. The minimum Gasteiger partial charge on any atom is -0.480 e. The average Bonchev–Trinajstić information content (AvgIpc) is 2.89. The number of aromatic nitrogens is 4. The molecular formula is C24H22N6O4S. The minimum atomic E-state index is -3.95. The zero-order valence-electron chi connectivity index (χ0n) is 18.5. The van der Waals surface area contributed by atoms with Gasteiger partial charge in [-0.3, -0.25) is 9.78 Å². The molecule has 4 aromatic rings. The highest BCUT2D eigenvalue weighted by Gasteiger charge is 2.26. The number of benzene rings is 1. The van der Waals surface area contributed by atoms with Crippen molar-refractivity contribution in [2.75, 3.05) is 11.9 Å². The lowest BCUT2D eigenvalue weighted by atomic mass is 10.1. The lowest BCUT2D eigenvalue weighted by molar-refractivity contribution is -0.134. The fourth-order valence-electron chi connectivity index (χ4n) is 3.28. The molecular weight excluding hydrogens is 468 g/mol. The third-order valence-corrected chi connectivity index (χ3v) is 6.74. The van der Waals surface area contributed by atoms with Gasteiger partial charge in [-0.15, -0.1) is 0 Å². The van der Waals surface area contributed by atoms with Crippen LogP contribution in [0.5, 0.6) is 0 Å². The largest absolute Gasteiger partial charge is 0.480 e. The first kappa shape index (κ1) is 23.9. The van der Waals surface area contributed by atoms with Crippen molar-refractivity contribution in [2.24, 2.45) is 0 Å². The van der Waals surface area contributed by atoms with Gasteiger partial charge in [-0.1, -0.05) is 36.4 Å². The van der Waals surface area contributed by atoms with Crippen LogP contribution in [0.4, 0.5) is 5.82 Å². The van der Waals surface area contributed by atoms with Gasteiger partial charge in [0.2, 0.25) is 10.0 Å². The smallest absolute Gasteiger partial charge is 0.322 e. The molecule has 178 valence electrons. The Bertz CT molecular complexity index is 1380. The van der Waals surface area contributed by atoms with Crippen LogP contribution in [0.25, 0.3) is 11.3 Å². The molecule has 2 N–H and O–H groups in total. The zero-order valence-corrected chi connectivity index (χ0v) is 19.3. The number of hydrogen-bond acceptors (Lipinski definition) is 8. The molecule has 0 unspecified atom stereocenters. The van der Waals surface area contributed by atoms with E-state index in [0.29, 0.717) is 22.9 Å². The van der Waals surface area contributed by atoms with Gasteiger partial charge in [-0.25, -0.2) is 13.4 Å². The van der Waals surface area contributed by atoms with Gasteiger partial charge < -0.3 is 10.4 Å². The Kier molecular flexibility index (Phi) is 7.38. The molecule has 0 atom stereocenters. The van der Waals surface area contributed by atoms with Crippen LogP contribution in [0.15, 0.2) is 90.1 Å². The number of nitrogens with one attached hydrogen (secondary N) is 1. The molecule has 0 fully saturated rings. The SMILES string of the molecule is O=C(O)CNc1cccc(CN(Cc2ccc(-c3ccccc3)nn2)S(=O)(=O)c2cccnc2)n1. The van der Waals surface area contributed by atoms with E-state index in [1.54, 1.807) is 36.4 Å². The van der Waals surface area contributed by atoms with Crippen molar-refractivity contribution in [1.29, 1.82) is 0 Å². The molecule has 0 spiro atoms. The Morgan fingerprint density at radius 3 is 2.37 bits per heavy atom. The van der Waals surface area contributed by atoms with Crippen LogP contribution in [0.3, 0.4) is 0 Å². The number of nitrogens with zero attached hydrogens (tertiary/aromatic N) is 5. The van der Waals surface area contributed by atoms with Gasteiger partial charge >= 0.3 is 5.97 Å². The first-order valence-electron chi connectivity index (χ1n) is 10.6. The number of carboxylic acids is 1. The normalized spacial score (nSPS) is 11.3. The highest BCUT2D eigenvalue weighted by molar-refractivity contribution is 7.89. The highest BCUT2D eigenvalue weighted by atomic mass is 32.2. The molecule has 11 heteroatoms. The predicted octanol–water partition coefficient (Wildman–Crippen LogP) is 2.82. The number of carboxylic acid groups (broad SMARTS) is 1. The topological polar surface area (TPSA) is 138 Å². The molecule has 1 aromatic carbocycles. The van der Waals surface area contributed by atoms with Crippen molar-refractivity contribution in [3.63, 3.8) is 0 Å². The number of pyridine rings is 2. The summed E-state index contributed by atoms with van der Waals surface area (Å²) in [6, 6.07) is 21.1. The number of sulfonamides is 1. The Morgan fingerprint density at radius 1 is 0.886 bits per heavy atom. The summed E-state index contributed by atoms with van der Waals surface area (Å²) in [6.07, 6.45) is 2.78. The van der Waals surface area contributed by atoms with Crippen LogP contribution in [0.1, 0.15) is 11.4 Å². The van der Waals surface area contributed by atoms with Gasteiger partial charge in [0.15, 0.2) is 0 Å². The molecule has 0 bridgehead atoms. The molecule has 3 aromatic heterocycles. The third-order valence-electron chi connectivity index (χ3n) is 4.97. The molecule has 0 aliphatic carbocycles. The Morgan fingerprint density at radius 2 is 1.69 bits per heavy atom. The van der Waals surface area contributed by atoms with E-state index >= 15 is 0 Å². The monoisotopic (exact) mass is 490 g/mol. The first-order chi connectivity index (χ1) is 16.9. The second-order valence-corrected chi connectivity index (χ2v) is 9.44. The van der Waals surface area contributed by atoms with Crippen LogP contribution in [0.2, 0.25) is 0 Å². The Balaban J connectivity index is 1.61. The molecule has 0 saturated carbocycles. The zero-order chi connectivity index (χ0) is 24.7. The predicted molar refractivity (Wildman–Crippen MR) is 129 cm³/mol. The van der Waals surface area contributed by atoms with Gasteiger partial charge in [0.1, 0.15) is 17.3 Å². The molecule has 0 amide bonds. The molecule has 0 saturated heterocycles. The number of aliphatic carboxylic acids is 1. The molecule has 4 rings (SSSR count). The number of rotatable bonds is 10. The number of hydrogen-bond donors (Lipinski definition) is 2. The Labute approximate surface area is 202 Å². The lowest BCUT2D eigenvalue weighted by Crippen LogP contribution is -2.31. The van der Waals surface area contributed by atoms with E-state index in [1.807, 2.05) is 30.3 Å². The summed E-state index contributed by atoms with van der Waals surface area (Å²) in [5.41, 5.74) is 2.47. The maximum absolute atomic E-state index is 13.4. The summed E-state index contributed by atoms with van der Waals surface area (Å²) < 4.78 is 28.1. The molecule has 3 heterocycles. The summed E-state index contributed by atoms with van der Waals surface area (Å²) in [7, 11) is -3.95. The van der Waals surface area contributed by atoms with E-state index in [9.17, 15) is 13.2 Å². The average molecular weight is 491 g/mol. The number of carbonyl (C=O) groups is 1. The van der Waals surface area contributed by atoms with Crippen molar-refractivity contribution in [3.8, 4) is 11.3 Å². The van der Waals surface area contributed by atoms with Crippen LogP contribution in [-0.4, -0.2) is 50.5 Å². The van der Waals surface area contributed by atoms with Crippen LogP contribution < -0.4 is 5.32 Å². The fraction of sp³-hybridized carbons (Fsp3) is 0.125. The minimum absolute atomic E-state index is 0.0361. The summed E-state index contributed by atoms with van der Waals surface area (Å²) in [6.45, 7) is -0.423. The van der Waals surface area contributed by atoms with E-state index in [0.717, 1.165) is 5.56 Å². The first-order valence-corrected chi connectivity index (χ1v) is 12.1. The standard InChI is InChI=1S/C24H22N6O4S/c31-24(32)15-26-23-10-4-8-19(27-23)16-30(35(33,34)21-9-5-13-25-14-21)17-20-11-12-22(29-28-20)18-6-2-1-3-7-18/h1-14H,15-17H2,(H,26,27)(H,31,32). The summed E-state index contributed by atoms with van der Waals surface area (Å²) in [4.78, 5) is 19.2. The highest BCUT2D eigenvalue weighted by Crippen LogP contribution is 2.21. The van der Waals surface area contributed by atoms with Crippen molar-refractivity contribution in [2.45, 2.75) is 18.0 Å². The Hall–Kier alpha value is -4.22. The van der Waals surface area contributed by atoms with Crippen molar-refractivity contribution in [1.82, 2.24) is 24.5 Å². The van der Waals surface area contributed by atoms with Crippen molar-refractivity contribution in [3.05, 3.63) is 96.6 Å². The van der Waals surface area contributed by atoms with Crippen LogP contribution >= 0.6 is 0 Å². The van der Waals surface area contributed by atoms with E-state index in [-0.39, 0.29) is 24.5 Å². The third kappa shape index (κ3) is 6.22. The summed E-state index contributed by atoms with van der Waals surface area (Å²) in [5, 5.41) is 20.1. The van der Waals surface area contributed by atoms with Crippen molar-refractivity contribution >= 4 is 21.8 Å². The molecule has 0 radical (unpaired) electrons. The van der Waals surface area contributed by atoms with E-state index in [1.165, 1.54) is 22.8 Å². The van der Waals surface area contributed by atoms with Gasteiger partial charge in [0, 0.05) is 18.0 Å². The number of anilines is 1. The van der Waals surface area contributed by atoms with Gasteiger partial charge in [-0.05, 0) is 36.4 Å². The molecule has 0 aliphatic heterocycles. The van der Waals surface area contributed by atoms with Crippen molar-refractivity contribution < 1.29 is 18.3 Å². The van der Waals surface area contributed by atoms with E-state index in [2.05, 4.69) is 25.5 Å². The second kappa shape index (κ2) is 10.8.